The number of benzene rings is 2. The molecule has 0 aliphatic rings. The van der Waals surface area contributed by atoms with Crippen LogP contribution >= 0.6 is 23.1 Å². The van der Waals surface area contributed by atoms with Gasteiger partial charge in [0, 0.05) is 31.0 Å². The van der Waals surface area contributed by atoms with E-state index in [1.165, 1.54) is 11.6 Å². The van der Waals surface area contributed by atoms with Gasteiger partial charge in [0.25, 0.3) is 0 Å². The van der Waals surface area contributed by atoms with Crippen LogP contribution < -0.4 is 15.5 Å². The molecule has 3 aromatic rings. The maximum atomic E-state index is 11.6. The number of hydrogen-bond acceptors (Lipinski definition) is 7. The van der Waals surface area contributed by atoms with Crippen molar-refractivity contribution in [2.75, 3.05) is 37.7 Å². The molecule has 8 heteroatoms. The van der Waals surface area contributed by atoms with Gasteiger partial charge in [0.15, 0.2) is 0 Å². The number of thioether (sulfide) groups is 1. The van der Waals surface area contributed by atoms with Crippen LogP contribution in [0.4, 0.5) is 0 Å². The summed E-state index contributed by atoms with van der Waals surface area (Å²) in [4.78, 5) is 14.0. The number of phenols is 1. The molecule has 0 aliphatic heterocycles. The Hall–Kier alpha value is -1.84. The summed E-state index contributed by atoms with van der Waals surface area (Å²) in [5, 5.41) is 27.1. The number of aromatic hydroxyl groups is 1. The zero-order chi connectivity index (χ0) is 22.1. The van der Waals surface area contributed by atoms with Gasteiger partial charge in [-0.05, 0) is 36.3 Å². The molecule has 1 aromatic heterocycles. The second-order valence-electron chi connectivity index (χ2n) is 7.59. The number of hydrogen-bond donors (Lipinski definition) is 5. The number of phenolic OH excluding ortho intramolecular Hbond substituents is 1. The molecule has 6 nitrogen and oxygen atoms in total. The van der Waals surface area contributed by atoms with Crippen molar-refractivity contribution in [2.45, 2.75) is 25.4 Å². The highest BCUT2D eigenvalue weighted by atomic mass is 32.2. The van der Waals surface area contributed by atoms with Gasteiger partial charge < -0.3 is 25.8 Å². The molecule has 168 valence electrons. The number of nitrogens with one attached hydrogen (secondary N) is 3. The normalized spacial score (nSPS) is 13.5. The molecule has 1 heterocycles. The van der Waals surface area contributed by atoms with Crippen molar-refractivity contribution in [2.24, 2.45) is 0 Å². The minimum absolute atomic E-state index is 0.0262. The van der Waals surface area contributed by atoms with Crippen molar-refractivity contribution in [3.8, 4) is 5.75 Å². The molecular weight excluding hydrogens is 430 g/mol. The number of aliphatic hydroxyl groups is 1. The van der Waals surface area contributed by atoms with E-state index in [1.54, 1.807) is 6.07 Å². The molecule has 0 aliphatic carbocycles. The molecule has 0 spiro atoms. The molecule has 5 N–H and O–H groups in total. The number of rotatable bonds is 13. The highest BCUT2D eigenvalue weighted by molar-refractivity contribution is 7.99. The smallest absolute Gasteiger partial charge is 0.305 e. The lowest BCUT2D eigenvalue weighted by atomic mass is 10.0. The Morgan fingerprint density at radius 1 is 1.06 bits per heavy atom. The summed E-state index contributed by atoms with van der Waals surface area (Å²) in [6, 6.07) is 13.8. The van der Waals surface area contributed by atoms with Crippen LogP contribution in [0.15, 0.2) is 47.3 Å². The van der Waals surface area contributed by atoms with Gasteiger partial charge in [-0.3, -0.25) is 4.79 Å². The number of thiazole rings is 1. The Kier molecular flexibility index (Phi) is 9.42. The summed E-state index contributed by atoms with van der Waals surface area (Å²) in [5.74, 6) is 2.70. The van der Waals surface area contributed by atoms with E-state index in [0.29, 0.717) is 28.2 Å². The first-order chi connectivity index (χ1) is 15.1. The van der Waals surface area contributed by atoms with E-state index in [9.17, 15) is 15.0 Å². The van der Waals surface area contributed by atoms with Crippen LogP contribution in [0, 0.1) is 0 Å². The lowest BCUT2D eigenvalue weighted by Gasteiger charge is -2.14. The van der Waals surface area contributed by atoms with E-state index in [-0.39, 0.29) is 10.6 Å². The number of fused-ring (bicyclic) bond motifs is 1. The summed E-state index contributed by atoms with van der Waals surface area (Å²) in [6.07, 6.45) is 0.304. The first-order valence-electron chi connectivity index (χ1n) is 10.6. The fourth-order valence-electron chi connectivity index (χ4n) is 3.41. The summed E-state index contributed by atoms with van der Waals surface area (Å²) in [5.41, 5.74) is 2.43. The van der Waals surface area contributed by atoms with Gasteiger partial charge in [0.2, 0.25) is 0 Å². The standard InChI is InChI=1S/C23H31N3O3S2/c1-16(17-6-3-2-4-7-17)14-25-11-13-30-12-5-10-24-15-20(28)18-8-9-19(27)21-22(18)31-23(29)26-21/h2-4,6-9,16,20,24-25,27-28H,5,10-15H2,1H3,(H,26,29)/t16?,20-/m0/s1. The van der Waals surface area contributed by atoms with Gasteiger partial charge in [0.05, 0.1) is 10.8 Å². The molecule has 0 radical (unpaired) electrons. The lowest BCUT2D eigenvalue weighted by molar-refractivity contribution is 0.176. The second-order valence-corrected chi connectivity index (χ2v) is 9.80. The number of aromatic amines is 1. The molecule has 0 saturated carbocycles. The fourth-order valence-corrected chi connectivity index (χ4v) is 5.17. The highest BCUT2D eigenvalue weighted by Crippen LogP contribution is 2.31. The minimum atomic E-state index is -0.724. The van der Waals surface area contributed by atoms with Crippen LogP contribution in [-0.4, -0.2) is 52.9 Å². The summed E-state index contributed by atoms with van der Waals surface area (Å²) in [6.45, 7) is 5.48. The number of H-pyrrole nitrogens is 1. The van der Waals surface area contributed by atoms with Crippen molar-refractivity contribution in [1.29, 1.82) is 0 Å². The van der Waals surface area contributed by atoms with Gasteiger partial charge in [-0.25, -0.2) is 0 Å². The van der Waals surface area contributed by atoms with Crippen molar-refractivity contribution >= 4 is 33.3 Å². The summed E-state index contributed by atoms with van der Waals surface area (Å²) < 4.78 is 0.615. The van der Waals surface area contributed by atoms with Crippen LogP contribution in [0.25, 0.3) is 10.2 Å². The molecule has 0 fully saturated rings. The van der Waals surface area contributed by atoms with Crippen LogP contribution in [0.2, 0.25) is 0 Å². The van der Waals surface area contributed by atoms with Crippen molar-refractivity contribution in [3.63, 3.8) is 0 Å². The van der Waals surface area contributed by atoms with Crippen LogP contribution in [0.1, 0.15) is 36.5 Å². The molecule has 0 saturated heterocycles. The Morgan fingerprint density at radius 3 is 2.65 bits per heavy atom. The molecule has 31 heavy (non-hydrogen) atoms. The van der Waals surface area contributed by atoms with Crippen LogP contribution in [0.5, 0.6) is 5.75 Å². The third-order valence-corrected chi connectivity index (χ3v) is 7.17. The van der Waals surface area contributed by atoms with Crippen molar-refractivity contribution in [3.05, 3.63) is 63.3 Å². The molecule has 0 bridgehead atoms. The van der Waals surface area contributed by atoms with E-state index >= 15 is 0 Å². The monoisotopic (exact) mass is 461 g/mol. The second kappa shape index (κ2) is 12.3. The zero-order valence-corrected chi connectivity index (χ0v) is 19.4. The van der Waals surface area contributed by atoms with Gasteiger partial charge in [0.1, 0.15) is 11.3 Å². The van der Waals surface area contributed by atoms with E-state index in [2.05, 4.69) is 46.8 Å². The SMILES string of the molecule is CC(CNCCSCCCNC[C@H](O)c1ccc(O)c2[nH]c(=O)sc12)c1ccccc1. The summed E-state index contributed by atoms with van der Waals surface area (Å²) in [7, 11) is 0. The molecular formula is C23H31N3O3S2. The first kappa shape index (κ1) is 23.8. The Morgan fingerprint density at radius 2 is 1.84 bits per heavy atom. The third-order valence-electron chi connectivity index (χ3n) is 5.17. The predicted molar refractivity (Wildman–Crippen MR) is 132 cm³/mol. The predicted octanol–water partition coefficient (Wildman–Crippen LogP) is 3.43. The van der Waals surface area contributed by atoms with Crippen molar-refractivity contribution in [1.82, 2.24) is 15.6 Å². The Balaban J connectivity index is 1.25. The topological polar surface area (TPSA) is 97.4 Å². The number of aliphatic hydroxyl groups excluding tert-OH is 1. The first-order valence-corrected chi connectivity index (χ1v) is 12.6. The largest absolute Gasteiger partial charge is 0.506 e. The van der Waals surface area contributed by atoms with E-state index < -0.39 is 6.10 Å². The van der Waals surface area contributed by atoms with E-state index in [1.807, 2.05) is 17.8 Å². The zero-order valence-electron chi connectivity index (χ0n) is 17.8. The third kappa shape index (κ3) is 7.08. The quantitative estimate of drug-likeness (QED) is 0.250. The average Bonchev–Trinajstić information content (AvgIpc) is 3.17. The van der Waals surface area contributed by atoms with Crippen LogP contribution in [0.3, 0.4) is 0 Å². The van der Waals surface area contributed by atoms with Gasteiger partial charge in [-0.1, -0.05) is 54.7 Å². The van der Waals surface area contributed by atoms with Gasteiger partial charge in [-0.15, -0.1) is 0 Å². The highest BCUT2D eigenvalue weighted by Gasteiger charge is 2.15. The van der Waals surface area contributed by atoms with Crippen LogP contribution in [-0.2, 0) is 0 Å². The van der Waals surface area contributed by atoms with Gasteiger partial charge >= 0.3 is 4.87 Å². The van der Waals surface area contributed by atoms with Crippen molar-refractivity contribution < 1.29 is 10.2 Å². The van der Waals surface area contributed by atoms with E-state index in [0.717, 1.165) is 48.9 Å². The average molecular weight is 462 g/mol. The Bertz CT molecular complexity index is 991. The van der Waals surface area contributed by atoms with E-state index in [4.69, 9.17) is 0 Å². The fraction of sp³-hybridized carbons (Fsp3) is 0.435. The molecule has 0 amide bonds. The maximum absolute atomic E-state index is 11.6. The minimum Gasteiger partial charge on any atom is -0.506 e. The van der Waals surface area contributed by atoms with Gasteiger partial charge in [-0.2, -0.15) is 11.8 Å². The molecule has 1 unspecified atom stereocenters. The lowest BCUT2D eigenvalue weighted by Crippen LogP contribution is -2.24. The summed E-state index contributed by atoms with van der Waals surface area (Å²) >= 11 is 2.94. The number of aromatic nitrogens is 1. The maximum Gasteiger partial charge on any atom is 0.305 e. The molecule has 3 rings (SSSR count). The Labute approximate surface area is 191 Å². The molecule has 2 aromatic carbocycles. The molecule has 2 atom stereocenters.